The molecule has 1 saturated carbocycles. The van der Waals surface area contributed by atoms with E-state index in [0.717, 1.165) is 11.1 Å². The van der Waals surface area contributed by atoms with Crippen LogP contribution in [-0.2, 0) is 36.9 Å². The Morgan fingerprint density at radius 3 is 2.29 bits per heavy atom. The minimum atomic E-state index is -1.47. The number of carboxylic acid groups (broad SMARTS) is 1. The SMILES string of the molecule is C=C[C@H]1CC1(NC(=O)[C@@H]1C[C@@H](Oc2cccc3c2CCN(C(C)=O)C3)CN1C(=O)[C@@H](Nc1ccc(C(=O)OC(C)(C)C)cc1)C(C)(C)C)C(=O)O. The van der Waals surface area contributed by atoms with Crippen LogP contribution < -0.4 is 15.4 Å². The van der Waals surface area contributed by atoms with Crippen LogP contribution in [0.4, 0.5) is 5.69 Å². The number of carbonyl (C=O) groups is 5. The van der Waals surface area contributed by atoms with Gasteiger partial charge in [0.25, 0.3) is 0 Å². The van der Waals surface area contributed by atoms with Gasteiger partial charge < -0.3 is 35.0 Å². The third kappa shape index (κ3) is 8.21. The van der Waals surface area contributed by atoms with Gasteiger partial charge in [-0.05, 0) is 74.9 Å². The van der Waals surface area contributed by atoms with E-state index in [9.17, 15) is 29.1 Å². The van der Waals surface area contributed by atoms with Crippen molar-refractivity contribution in [2.24, 2.45) is 11.3 Å². The average Bonchev–Trinajstić information content (AvgIpc) is 3.61. The number of nitrogens with zero attached hydrogens (tertiary/aromatic N) is 2. The van der Waals surface area contributed by atoms with Crippen molar-refractivity contribution in [1.82, 2.24) is 15.1 Å². The van der Waals surface area contributed by atoms with Crippen LogP contribution in [0.25, 0.3) is 0 Å². The summed E-state index contributed by atoms with van der Waals surface area (Å²) in [6.07, 6.45) is 1.94. The summed E-state index contributed by atoms with van der Waals surface area (Å²) in [5.41, 5.74) is 0.186. The van der Waals surface area contributed by atoms with E-state index in [-0.39, 0.29) is 31.2 Å². The maximum Gasteiger partial charge on any atom is 0.338 e. The van der Waals surface area contributed by atoms with Crippen LogP contribution in [0.1, 0.15) is 82.8 Å². The van der Waals surface area contributed by atoms with Gasteiger partial charge in [0.2, 0.25) is 17.7 Å². The first-order valence-corrected chi connectivity index (χ1v) is 17.4. The third-order valence-corrected chi connectivity index (χ3v) is 9.78. The molecule has 0 radical (unpaired) electrons. The predicted molar refractivity (Wildman–Crippen MR) is 191 cm³/mol. The molecule has 2 aliphatic heterocycles. The largest absolute Gasteiger partial charge is 0.488 e. The van der Waals surface area contributed by atoms with E-state index in [0.29, 0.717) is 36.5 Å². The van der Waals surface area contributed by atoms with Gasteiger partial charge in [-0.25, -0.2) is 9.59 Å². The van der Waals surface area contributed by atoms with Crippen LogP contribution in [0.2, 0.25) is 0 Å². The summed E-state index contributed by atoms with van der Waals surface area (Å²) in [5.74, 6) is -2.31. The number of rotatable bonds is 10. The van der Waals surface area contributed by atoms with E-state index in [1.807, 2.05) is 39.0 Å². The fraction of sp³-hybridized carbons (Fsp3) is 0.513. The molecule has 0 aromatic heterocycles. The molecule has 1 unspecified atom stereocenters. The average molecular weight is 703 g/mol. The number of nitrogens with one attached hydrogen (secondary N) is 2. The summed E-state index contributed by atoms with van der Waals surface area (Å²) in [5, 5.41) is 16.1. The number of hydrogen-bond donors (Lipinski definition) is 3. The summed E-state index contributed by atoms with van der Waals surface area (Å²) in [4.78, 5) is 68.7. The van der Waals surface area contributed by atoms with Gasteiger partial charge in [0.1, 0.15) is 35.1 Å². The molecule has 2 aromatic rings. The van der Waals surface area contributed by atoms with E-state index in [4.69, 9.17) is 9.47 Å². The molecule has 0 spiro atoms. The number of benzene rings is 2. The Morgan fingerprint density at radius 1 is 1.04 bits per heavy atom. The Balaban J connectivity index is 1.41. The van der Waals surface area contributed by atoms with Crippen LogP contribution >= 0.6 is 0 Å². The van der Waals surface area contributed by atoms with Gasteiger partial charge in [0, 0.05) is 43.6 Å². The molecular weight excluding hydrogens is 652 g/mol. The van der Waals surface area contributed by atoms with E-state index in [1.54, 1.807) is 56.9 Å². The van der Waals surface area contributed by atoms with Crippen molar-refractivity contribution in [2.75, 3.05) is 18.4 Å². The van der Waals surface area contributed by atoms with Crippen molar-refractivity contribution in [2.45, 2.75) is 104 Å². The Bertz CT molecular complexity index is 1710. The molecule has 3 N–H and O–H groups in total. The molecule has 1 saturated heterocycles. The minimum absolute atomic E-state index is 0.000238. The highest BCUT2D eigenvalue weighted by molar-refractivity contribution is 5.96. The number of hydrogen-bond acceptors (Lipinski definition) is 8. The maximum absolute atomic E-state index is 14.6. The molecule has 12 heteroatoms. The normalized spacial score (nSPS) is 23.4. The lowest BCUT2D eigenvalue weighted by atomic mass is 9.85. The molecule has 3 aliphatic rings. The zero-order chi connectivity index (χ0) is 37.5. The lowest BCUT2D eigenvalue weighted by Gasteiger charge is -2.36. The van der Waals surface area contributed by atoms with Gasteiger partial charge in [0.15, 0.2) is 0 Å². The first-order valence-electron chi connectivity index (χ1n) is 17.4. The lowest BCUT2D eigenvalue weighted by Crippen LogP contribution is -2.56. The van der Waals surface area contributed by atoms with Gasteiger partial charge in [-0.1, -0.05) is 39.0 Å². The third-order valence-electron chi connectivity index (χ3n) is 9.78. The van der Waals surface area contributed by atoms with Gasteiger partial charge in [-0.2, -0.15) is 0 Å². The highest BCUT2D eigenvalue weighted by Crippen LogP contribution is 2.45. The molecule has 274 valence electrons. The summed E-state index contributed by atoms with van der Waals surface area (Å²) in [6.45, 7) is 17.5. The number of carbonyl (C=O) groups excluding carboxylic acids is 4. The highest BCUT2D eigenvalue weighted by Gasteiger charge is 2.61. The fourth-order valence-electron chi connectivity index (χ4n) is 6.85. The van der Waals surface area contributed by atoms with Gasteiger partial charge in [0.05, 0.1) is 12.1 Å². The Labute approximate surface area is 299 Å². The molecule has 51 heavy (non-hydrogen) atoms. The molecule has 2 aromatic carbocycles. The molecule has 2 heterocycles. The Hall–Kier alpha value is -4.87. The number of amides is 3. The maximum atomic E-state index is 14.6. The first kappa shape index (κ1) is 37.4. The second-order valence-corrected chi connectivity index (χ2v) is 15.9. The number of ether oxygens (including phenoxy) is 2. The van der Waals surface area contributed by atoms with Crippen LogP contribution in [0.5, 0.6) is 5.75 Å². The van der Waals surface area contributed by atoms with E-state index in [2.05, 4.69) is 17.2 Å². The van der Waals surface area contributed by atoms with Crippen molar-refractivity contribution in [3.8, 4) is 5.75 Å². The van der Waals surface area contributed by atoms with E-state index in [1.165, 1.54) is 11.0 Å². The summed E-state index contributed by atoms with van der Waals surface area (Å²) >= 11 is 0. The molecule has 5 atom stereocenters. The number of anilines is 1. The van der Waals surface area contributed by atoms with E-state index < -0.39 is 58.5 Å². The quantitative estimate of drug-likeness (QED) is 0.239. The van der Waals surface area contributed by atoms with Crippen molar-refractivity contribution < 1.29 is 38.6 Å². The number of fused-ring (bicyclic) bond motifs is 1. The molecule has 2 fully saturated rings. The molecule has 3 amide bonds. The monoisotopic (exact) mass is 702 g/mol. The van der Waals surface area contributed by atoms with Gasteiger partial charge in [-0.3, -0.25) is 14.4 Å². The van der Waals surface area contributed by atoms with E-state index >= 15 is 0 Å². The van der Waals surface area contributed by atoms with Crippen LogP contribution in [0.3, 0.4) is 0 Å². The van der Waals surface area contributed by atoms with Crippen LogP contribution in [0.15, 0.2) is 55.1 Å². The standard InChI is InChI=1S/C39H50N4O8/c1-9-26-20-39(26,36(48)49)41-33(45)30-19-28(50-31-12-10-11-25-21-42(23(2)44)18-17-29(25)31)22-43(30)34(46)32(37(3,4)5)40-27-15-13-24(14-16-27)35(47)51-38(6,7)8/h9-16,26,28,30,32,40H,1,17-22H2,2-8H3,(H,41,45)(H,48,49)/t26-,28+,30-,32+,39?/m0/s1. The summed E-state index contributed by atoms with van der Waals surface area (Å²) in [7, 11) is 0. The smallest absolute Gasteiger partial charge is 0.338 e. The fourth-order valence-corrected chi connectivity index (χ4v) is 6.85. The minimum Gasteiger partial charge on any atom is -0.488 e. The topological polar surface area (TPSA) is 155 Å². The molecule has 12 nitrogen and oxygen atoms in total. The highest BCUT2D eigenvalue weighted by atomic mass is 16.6. The second kappa shape index (κ2) is 14.0. The van der Waals surface area contributed by atoms with Crippen LogP contribution in [-0.4, -0.2) is 87.0 Å². The number of carboxylic acids is 1. The first-order chi connectivity index (χ1) is 23.8. The summed E-state index contributed by atoms with van der Waals surface area (Å²) in [6, 6.07) is 10.6. The number of esters is 1. The lowest BCUT2D eigenvalue weighted by molar-refractivity contribution is -0.145. The Kier molecular flexibility index (Phi) is 10.3. The second-order valence-electron chi connectivity index (χ2n) is 15.9. The molecule has 0 bridgehead atoms. The molecule has 1 aliphatic carbocycles. The zero-order valence-corrected chi connectivity index (χ0v) is 30.6. The molecule has 5 rings (SSSR count). The Morgan fingerprint density at radius 2 is 1.73 bits per heavy atom. The van der Waals surface area contributed by atoms with Gasteiger partial charge in [-0.15, -0.1) is 6.58 Å². The zero-order valence-electron chi connectivity index (χ0n) is 30.6. The van der Waals surface area contributed by atoms with Crippen molar-refractivity contribution in [3.05, 3.63) is 71.8 Å². The van der Waals surface area contributed by atoms with Crippen molar-refractivity contribution in [1.29, 1.82) is 0 Å². The van der Waals surface area contributed by atoms with Crippen LogP contribution in [0, 0.1) is 11.3 Å². The number of aliphatic carboxylic acids is 1. The molecular formula is C39H50N4O8. The predicted octanol–water partition coefficient (Wildman–Crippen LogP) is 4.57. The number of likely N-dealkylation sites (tertiary alicyclic amines) is 1. The van der Waals surface area contributed by atoms with Crippen molar-refractivity contribution >= 4 is 35.3 Å². The van der Waals surface area contributed by atoms with Crippen molar-refractivity contribution in [3.63, 3.8) is 0 Å². The van der Waals surface area contributed by atoms with Gasteiger partial charge >= 0.3 is 11.9 Å². The summed E-state index contributed by atoms with van der Waals surface area (Å²) < 4.78 is 12.0.